The maximum atomic E-state index is 13.1. The number of nitrogens with zero attached hydrogens (tertiary/aromatic N) is 5. The van der Waals surface area contributed by atoms with Crippen molar-refractivity contribution in [2.45, 2.75) is 45.2 Å². The van der Waals surface area contributed by atoms with E-state index in [9.17, 15) is 9.59 Å². The summed E-state index contributed by atoms with van der Waals surface area (Å²) in [7, 11) is 1.74. The van der Waals surface area contributed by atoms with Crippen molar-refractivity contribution in [2.75, 3.05) is 6.54 Å². The van der Waals surface area contributed by atoms with Crippen molar-refractivity contribution in [1.82, 2.24) is 24.2 Å². The fourth-order valence-electron chi connectivity index (χ4n) is 4.11. The zero-order valence-electron chi connectivity index (χ0n) is 16.3. The molecular weight excluding hydrogens is 354 g/mol. The van der Waals surface area contributed by atoms with E-state index < -0.39 is 0 Å². The van der Waals surface area contributed by atoms with Crippen LogP contribution >= 0.6 is 0 Å². The van der Waals surface area contributed by atoms with Crippen LogP contribution in [0.5, 0.6) is 0 Å². The van der Waals surface area contributed by atoms with E-state index in [0.717, 1.165) is 25.7 Å². The van der Waals surface area contributed by atoms with Crippen molar-refractivity contribution >= 4 is 16.9 Å². The molecule has 1 aromatic carbocycles. The molecule has 0 bridgehead atoms. The van der Waals surface area contributed by atoms with Crippen molar-refractivity contribution in [2.24, 2.45) is 7.05 Å². The minimum Gasteiger partial charge on any atom is -0.338 e. The van der Waals surface area contributed by atoms with E-state index >= 15 is 0 Å². The lowest BCUT2D eigenvalue weighted by Crippen LogP contribution is -2.46. The molecular formula is C21H25N5O2. The largest absolute Gasteiger partial charge is 0.338 e. The molecule has 0 radical (unpaired) electrons. The molecule has 0 spiro atoms. The van der Waals surface area contributed by atoms with Gasteiger partial charge < -0.3 is 4.90 Å². The van der Waals surface area contributed by atoms with Gasteiger partial charge in [0.1, 0.15) is 18.3 Å². The van der Waals surface area contributed by atoms with Gasteiger partial charge in [-0.25, -0.2) is 4.98 Å². The second-order valence-corrected chi connectivity index (χ2v) is 7.44. The molecule has 0 fully saturated rings. The zero-order chi connectivity index (χ0) is 19.7. The van der Waals surface area contributed by atoms with E-state index in [0.29, 0.717) is 17.6 Å². The normalized spacial score (nSPS) is 16.1. The van der Waals surface area contributed by atoms with Gasteiger partial charge in [-0.15, -0.1) is 0 Å². The van der Waals surface area contributed by atoms with E-state index in [4.69, 9.17) is 0 Å². The number of aryl methyl sites for hydroxylation is 2. The Morgan fingerprint density at radius 3 is 2.86 bits per heavy atom. The van der Waals surface area contributed by atoms with Crippen LogP contribution in [-0.2, 0) is 31.2 Å². The van der Waals surface area contributed by atoms with Crippen LogP contribution in [0.3, 0.4) is 0 Å². The number of fused-ring (bicyclic) bond motifs is 2. The first-order valence-electron chi connectivity index (χ1n) is 9.82. The number of hydrogen-bond donors (Lipinski definition) is 0. The second kappa shape index (κ2) is 7.58. The van der Waals surface area contributed by atoms with Gasteiger partial charge in [0, 0.05) is 19.6 Å². The number of aromatic nitrogens is 4. The molecule has 2 aromatic heterocycles. The second-order valence-electron chi connectivity index (χ2n) is 7.44. The molecule has 4 rings (SSSR count). The van der Waals surface area contributed by atoms with Gasteiger partial charge in [-0.05, 0) is 36.8 Å². The highest BCUT2D eigenvalue weighted by molar-refractivity contribution is 5.77. The molecule has 0 unspecified atom stereocenters. The van der Waals surface area contributed by atoms with Crippen LogP contribution in [0, 0.1) is 0 Å². The highest BCUT2D eigenvalue weighted by Crippen LogP contribution is 2.25. The van der Waals surface area contributed by atoms with Gasteiger partial charge in [0.15, 0.2) is 5.65 Å². The predicted octanol–water partition coefficient (Wildman–Crippen LogP) is 1.93. The third-order valence-corrected chi connectivity index (χ3v) is 5.57. The fraction of sp³-hybridized carbons (Fsp3) is 0.429. The lowest BCUT2D eigenvalue weighted by atomic mass is 9.87. The number of carbonyl (C=O) groups is 1. The van der Waals surface area contributed by atoms with Crippen LogP contribution in [0.25, 0.3) is 11.0 Å². The summed E-state index contributed by atoms with van der Waals surface area (Å²) in [6, 6.07) is 8.63. The van der Waals surface area contributed by atoms with Gasteiger partial charge in [0.25, 0.3) is 5.56 Å². The monoisotopic (exact) mass is 379 g/mol. The average molecular weight is 379 g/mol. The summed E-state index contributed by atoms with van der Waals surface area (Å²) >= 11 is 0. The van der Waals surface area contributed by atoms with Crippen molar-refractivity contribution in [1.29, 1.82) is 0 Å². The standard InChI is InChI=1S/C21H25N5O2/c1-3-10-26(17-9-8-15-6-4-5-7-16(15)11-17)19(27)13-25-14-22-20-18(21(25)28)12-23-24(20)2/h4-7,12,14,17H,3,8-11,13H2,1-2H3/t17-/m1/s1. The first-order valence-corrected chi connectivity index (χ1v) is 9.82. The molecule has 7 nitrogen and oxygen atoms in total. The Morgan fingerprint density at radius 1 is 1.29 bits per heavy atom. The Balaban J connectivity index is 1.56. The SMILES string of the molecule is CCCN(C(=O)Cn1cnc2c(cnn2C)c1=O)[C@@H]1CCc2ccccc2C1. The minimum atomic E-state index is -0.225. The molecule has 1 aliphatic carbocycles. The van der Waals surface area contributed by atoms with Gasteiger partial charge in [0.05, 0.1) is 6.20 Å². The van der Waals surface area contributed by atoms with Crippen molar-refractivity contribution in [3.63, 3.8) is 0 Å². The highest BCUT2D eigenvalue weighted by atomic mass is 16.2. The highest BCUT2D eigenvalue weighted by Gasteiger charge is 2.27. The molecule has 146 valence electrons. The van der Waals surface area contributed by atoms with E-state index in [1.165, 1.54) is 28.2 Å². The van der Waals surface area contributed by atoms with E-state index in [1.54, 1.807) is 11.7 Å². The molecule has 7 heteroatoms. The zero-order valence-corrected chi connectivity index (χ0v) is 16.3. The van der Waals surface area contributed by atoms with Gasteiger partial charge in [-0.3, -0.25) is 18.8 Å². The summed E-state index contributed by atoms with van der Waals surface area (Å²) < 4.78 is 2.96. The Kier molecular flexibility index (Phi) is 4.98. The smallest absolute Gasteiger partial charge is 0.264 e. The van der Waals surface area contributed by atoms with Crippen LogP contribution < -0.4 is 5.56 Å². The predicted molar refractivity (Wildman–Crippen MR) is 107 cm³/mol. The van der Waals surface area contributed by atoms with Crippen molar-refractivity contribution in [3.05, 3.63) is 58.3 Å². The Morgan fingerprint density at radius 2 is 2.07 bits per heavy atom. The van der Waals surface area contributed by atoms with Crippen LogP contribution in [-0.4, -0.2) is 42.7 Å². The van der Waals surface area contributed by atoms with Crippen molar-refractivity contribution < 1.29 is 4.79 Å². The third kappa shape index (κ3) is 3.32. The number of hydrogen-bond acceptors (Lipinski definition) is 4. The molecule has 0 saturated carbocycles. The third-order valence-electron chi connectivity index (χ3n) is 5.57. The summed E-state index contributed by atoms with van der Waals surface area (Å²) in [5.41, 5.74) is 3.01. The lowest BCUT2D eigenvalue weighted by Gasteiger charge is -2.35. The molecule has 0 N–H and O–H groups in total. The average Bonchev–Trinajstić information content (AvgIpc) is 3.09. The molecule has 1 atom stereocenters. The number of carbonyl (C=O) groups excluding carboxylic acids is 1. The molecule has 1 aliphatic rings. The molecule has 2 heterocycles. The van der Waals surface area contributed by atoms with Crippen LogP contribution in [0.1, 0.15) is 30.9 Å². The number of rotatable bonds is 5. The minimum absolute atomic E-state index is 0.00874. The number of benzene rings is 1. The summed E-state index contributed by atoms with van der Waals surface area (Å²) in [6.07, 6.45) is 6.66. The topological polar surface area (TPSA) is 73.0 Å². The molecule has 28 heavy (non-hydrogen) atoms. The fourth-order valence-corrected chi connectivity index (χ4v) is 4.11. The maximum Gasteiger partial charge on any atom is 0.264 e. The van der Waals surface area contributed by atoms with Gasteiger partial charge in [-0.1, -0.05) is 31.2 Å². The van der Waals surface area contributed by atoms with Crippen LogP contribution in [0.4, 0.5) is 0 Å². The summed E-state index contributed by atoms with van der Waals surface area (Å²) in [6.45, 7) is 2.78. The van der Waals surface area contributed by atoms with E-state index in [1.807, 2.05) is 4.90 Å². The maximum absolute atomic E-state index is 13.1. The van der Waals surface area contributed by atoms with Crippen LogP contribution in [0.15, 0.2) is 41.6 Å². The lowest BCUT2D eigenvalue weighted by molar-refractivity contribution is -0.134. The van der Waals surface area contributed by atoms with Crippen LogP contribution in [0.2, 0.25) is 0 Å². The van der Waals surface area contributed by atoms with E-state index in [2.05, 4.69) is 41.3 Å². The Hall–Kier alpha value is -2.96. The number of amides is 1. The molecule has 1 amide bonds. The van der Waals surface area contributed by atoms with Gasteiger partial charge in [0.2, 0.25) is 5.91 Å². The summed E-state index contributed by atoms with van der Waals surface area (Å²) in [5, 5.41) is 4.52. The molecule has 0 aliphatic heterocycles. The quantitative estimate of drug-likeness (QED) is 0.679. The Bertz CT molecular complexity index is 1070. The summed E-state index contributed by atoms with van der Waals surface area (Å²) in [5.74, 6) is -0.0293. The molecule has 0 saturated heterocycles. The van der Waals surface area contributed by atoms with Gasteiger partial charge in [-0.2, -0.15) is 5.10 Å². The first kappa shape index (κ1) is 18.4. The van der Waals surface area contributed by atoms with Crippen molar-refractivity contribution in [3.8, 4) is 0 Å². The first-order chi connectivity index (χ1) is 13.6. The molecule has 3 aromatic rings. The summed E-state index contributed by atoms with van der Waals surface area (Å²) in [4.78, 5) is 32.1. The Labute approximate surface area is 163 Å². The van der Waals surface area contributed by atoms with E-state index in [-0.39, 0.29) is 24.1 Å². The van der Waals surface area contributed by atoms with Gasteiger partial charge >= 0.3 is 0 Å².